The zero-order valence-electron chi connectivity index (χ0n) is 12.7. The Morgan fingerprint density at radius 3 is 3.00 bits per heavy atom. The Morgan fingerprint density at radius 1 is 1.45 bits per heavy atom. The van der Waals surface area contributed by atoms with E-state index in [2.05, 4.69) is 4.90 Å². The van der Waals surface area contributed by atoms with Crippen molar-refractivity contribution in [2.75, 3.05) is 30.2 Å². The van der Waals surface area contributed by atoms with Crippen LogP contribution in [0.5, 0.6) is 0 Å². The molecule has 1 fully saturated rings. The number of carbonyl (C=O) groups excluding carboxylic acids is 1. The van der Waals surface area contributed by atoms with Crippen molar-refractivity contribution < 1.29 is 14.6 Å². The quantitative estimate of drug-likeness (QED) is 0.658. The van der Waals surface area contributed by atoms with Crippen LogP contribution in [0, 0.1) is 5.92 Å². The standard InChI is InChI=1S/C16H22N2O3S/c1-18-9-22-15-7-12(17)11(6-13(15)18)16(20)21-14-5-3-2-4-10(14)8-19/h6-7,10,14,19H,2-5,8-9,17H2,1H3. The lowest BCUT2D eigenvalue weighted by Gasteiger charge is -2.30. The lowest BCUT2D eigenvalue weighted by atomic mass is 9.87. The van der Waals surface area contributed by atoms with E-state index < -0.39 is 0 Å². The fourth-order valence-electron chi connectivity index (χ4n) is 3.15. The van der Waals surface area contributed by atoms with Crippen molar-refractivity contribution in [2.24, 2.45) is 5.92 Å². The van der Waals surface area contributed by atoms with Crippen LogP contribution < -0.4 is 10.6 Å². The van der Waals surface area contributed by atoms with Gasteiger partial charge in [0.05, 0.1) is 17.1 Å². The summed E-state index contributed by atoms with van der Waals surface area (Å²) in [5.74, 6) is 0.533. The number of hydrogen-bond donors (Lipinski definition) is 2. The number of nitrogens with two attached hydrogens (primary N) is 1. The van der Waals surface area contributed by atoms with E-state index in [1.54, 1.807) is 11.8 Å². The van der Waals surface area contributed by atoms with Gasteiger partial charge >= 0.3 is 5.97 Å². The highest BCUT2D eigenvalue weighted by Crippen LogP contribution is 2.40. The highest BCUT2D eigenvalue weighted by molar-refractivity contribution is 7.99. The van der Waals surface area contributed by atoms with Gasteiger partial charge in [0.25, 0.3) is 0 Å². The molecule has 5 nitrogen and oxygen atoms in total. The zero-order valence-corrected chi connectivity index (χ0v) is 13.6. The molecule has 2 aliphatic rings. The molecule has 0 aromatic heterocycles. The summed E-state index contributed by atoms with van der Waals surface area (Å²) in [5, 5.41) is 9.44. The molecule has 1 saturated carbocycles. The minimum atomic E-state index is -0.379. The number of ether oxygens (including phenoxy) is 1. The van der Waals surface area contributed by atoms with Crippen LogP contribution in [0.2, 0.25) is 0 Å². The molecule has 0 radical (unpaired) electrons. The SMILES string of the molecule is CN1CSc2cc(N)c(C(=O)OC3CCCCC3CO)cc21. The first-order valence-electron chi connectivity index (χ1n) is 7.69. The number of hydrogen-bond acceptors (Lipinski definition) is 6. The van der Waals surface area contributed by atoms with E-state index in [-0.39, 0.29) is 24.6 Å². The Morgan fingerprint density at radius 2 is 2.23 bits per heavy atom. The molecule has 1 aliphatic carbocycles. The molecule has 0 amide bonds. The van der Waals surface area contributed by atoms with E-state index in [0.29, 0.717) is 11.3 Å². The summed E-state index contributed by atoms with van der Waals surface area (Å²) in [6.07, 6.45) is 3.65. The van der Waals surface area contributed by atoms with Crippen LogP contribution >= 0.6 is 11.8 Å². The fraction of sp³-hybridized carbons (Fsp3) is 0.562. The Bertz CT molecular complexity index is 579. The first kappa shape index (κ1) is 15.5. The summed E-state index contributed by atoms with van der Waals surface area (Å²) in [6.45, 7) is 0.0665. The molecular formula is C16H22N2O3S. The average Bonchev–Trinajstić information content (AvgIpc) is 2.87. The molecule has 2 unspecified atom stereocenters. The topological polar surface area (TPSA) is 75.8 Å². The monoisotopic (exact) mass is 322 g/mol. The number of nitrogens with zero attached hydrogens (tertiary/aromatic N) is 1. The highest BCUT2D eigenvalue weighted by atomic mass is 32.2. The first-order chi connectivity index (χ1) is 10.6. The molecule has 22 heavy (non-hydrogen) atoms. The predicted octanol–water partition coefficient (Wildman–Crippen LogP) is 2.48. The summed E-state index contributed by atoms with van der Waals surface area (Å²) in [7, 11) is 1.99. The van der Waals surface area contributed by atoms with Gasteiger partial charge in [-0.3, -0.25) is 0 Å². The molecule has 1 heterocycles. The number of carbonyl (C=O) groups is 1. The summed E-state index contributed by atoms with van der Waals surface area (Å²) in [5.41, 5.74) is 7.94. The van der Waals surface area contributed by atoms with E-state index in [4.69, 9.17) is 10.5 Å². The minimum absolute atomic E-state index is 0.0478. The third-order valence-electron chi connectivity index (χ3n) is 4.51. The number of thioether (sulfide) groups is 1. The number of rotatable bonds is 3. The molecule has 6 heteroatoms. The second kappa shape index (κ2) is 6.38. The Hall–Kier alpha value is -1.40. The molecule has 0 spiro atoms. The number of anilines is 2. The molecule has 0 bridgehead atoms. The van der Waals surface area contributed by atoms with Gasteiger partial charge in [-0.15, -0.1) is 11.8 Å². The van der Waals surface area contributed by atoms with E-state index in [0.717, 1.165) is 42.1 Å². The van der Waals surface area contributed by atoms with Crippen molar-refractivity contribution in [3.63, 3.8) is 0 Å². The van der Waals surface area contributed by atoms with Crippen LogP contribution in [0.3, 0.4) is 0 Å². The molecule has 2 atom stereocenters. The smallest absolute Gasteiger partial charge is 0.340 e. The van der Waals surface area contributed by atoms with Gasteiger partial charge in [0, 0.05) is 30.2 Å². The predicted molar refractivity (Wildman–Crippen MR) is 88.2 cm³/mol. The largest absolute Gasteiger partial charge is 0.458 e. The second-order valence-electron chi connectivity index (χ2n) is 6.05. The summed E-state index contributed by atoms with van der Waals surface area (Å²) in [4.78, 5) is 15.7. The van der Waals surface area contributed by atoms with E-state index in [1.807, 2.05) is 19.2 Å². The number of benzene rings is 1. The Kier molecular flexibility index (Phi) is 4.49. The van der Waals surface area contributed by atoms with Crippen molar-refractivity contribution in [2.45, 2.75) is 36.7 Å². The summed E-state index contributed by atoms with van der Waals surface area (Å²) >= 11 is 1.71. The van der Waals surface area contributed by atoms with Gasteiger partial charge in [-0.25, -0.2) is 4.79 Å². The van der Waals surface area contributed by atoms with Crippen molar-refractivity contribution >= 4 is 29.1 Å². The fourth-order valence-corrected chi connectivity index (χ4v) is 4.19. The number of aliphatic hydroxyl groups is 1. The second-order valence-corrected chi connectivity index (χ2v) is 7.04. The van der Waals surface area contributed by atoms with Crippen molar-refractivity contribution in [1.29, 1.82) is 0 Å². The van der Waals surface area contributed by atoms with Gasteiger partial charge in [0.1, 0.15) is 6.10 Å². The van der Waals surface area contributed by atoms with Crippen molar-refractivity contribution in [3.8, 4) is 0 Å². The third-order valence-corrected chi connectivity index (χ3v) is 5.66. The maximum Gasteiger partial charge on any atom is 0.340 e. The maximum atomic E-state index is 12.5. The zero-order chi connectivity index (χ0) is 15.7. The number of nitrogen functional groups attached to an aromatic ring is 1. The lowest BCUT2D eigenvalue weighted by Crippen LogP contribution is -2.32. The molecular weight excluding hydrogens is 300 g/mol. The van der Waals surface area contributed by atoms with Crippen LogP contribution in [-0.2, 0) is 4.74 Å². The van der Waals surface area contributed by atoms with Gasteiger partial charge in [-0.1, -0.05) is 6.42 Å². The van der Waals surface area contributed by atoms with Gasteiger partial charge in [0.15, 0.2) is 0 Å². The number of aliphatic hydroxyl groups excluding tert-OH is 1. The normalized spacial score (nSPS) is 24.2. The highest BCUT2D eigenvalue weighted by Gasteiger charge is 2.29. The van der Waals surface area contributed by atoms with E-state index in [9.17, 15) is 9.90 Å². The molecule has 1 aromatic carbocycles. The van der Waals surface area contributed by atoms with Gasteiger partial charge in [-0.2, -0.15) is 0 Å². The molecule has 3 N–H and O–H groups in total. The molecule has 120 valence electrons. The van der Waals surface area contributed by atoms with Gasteiger partial charge in [-0.05, 0) is 31.4 Å². The molecule has 3 rings (SSSR count). The van der Waals surface area contributed by atoms with Crippen LogP contribution in [0.4, 0.5) is 11.4 Å². The Labute approximate surface area is 134 Å². The third kappa shape index (κ3) is 2.90. The van der Waals surface area contributed by atoms with Gasteiger partial charge < -0.3 is 20.5 Å². The van der Waals surface area contributed by atoms with E-state index in [1.165, 1.54) is 0 Å². The minimum Gasteiger partial charge on any atom is -0.458 e. The van der Waals surface area contributed by atoms with Crippen LogP contribution in [0.15, 0.2) is 17.0 Å². The first-order valence-corrected chi connectivity index (χ1v) is 8.68. The van der Waals surface area contributed by atoms with Gasteiger partial charge in [0.2, 0.25) is 0 Å². The van der Waals surface area contributed by atoms with Crippen LogP contribution in [0.25, 0.3) is 0 Å². The average molecular weight is 322 g/mol. The summed E-state index contributed by atoms with van der Waals surface area (Å²) < 4.78 is 5.65. The van der Waals surface area contributed by atoms with Crippen molar-refractivity contribution in [1.82, 2.24) is 0 Å². The summed E-state index contributed by atoms with van der Waals surface area (Å²) in [6, 6.07) is 3.67. The van der Waals surface area contributed by atoms with E-state index >= 15 is 0 Å². The van der Waals surface area contributed by atoms with Crippen LogP contribution in [0.1, 0.15) is 36.0 Å². The lowest BCUT2D eigenvalue weighted by molar-refractivity contribution is -0.0106. The van der Waals surface area contributed by atoms with Crippen LogP contribution in [-0.4, -0.2) is 36.7 Å². The number of esters is 1. The maximum absolute atomic E-state index is 12.5. The molecule has 0 saturated heterocycles. The van der Waals surface area contributed by atoms with Crippen molar-refractivity contribution in [3.05, 3.63) is 17.7 Å². The Balaban J connectivity index is 1.79. The molecule has 1 aliphatic heterocycles. The number of fused-ring (bicyclic) bond motifs is 1. The molecule has 1 aromatic rings.